The Kier molecular flexibility index (Phi) is 2.37. The third kappa shape index (κ3) is 1.44. The molecule has 0 amide bonds. The van der Waals surface area contributed by atoms with Crippen LogP contribution < -0.4 is 10.4 Å². The molecular formula is C9H8ClN3O. The van der Waals surface area contributed by atoms with Crippen LogP contribution in [0.15, 0.2) is 29.3 Å². The van der Waals surface area contributed by atoms with E-state index in [0.29, 0.717) is 5.02 Å². The van der Waals surface area contributed by atoms with E-state index in [4.69, 9.17) is 11.6 Å². The summed E-state index contributed by atoms with van der Waals surface area (Å²) in [6.07, 6.45) is 1.69. The van der Waals surface area contributed by atoms with Gasteiger partial charge in [-0.2, -0.15) is 0 Å². The molecule has 1 aliphatic rings. The topological polar surface area (TPSA) is 44.7 Å². The molecule has 1 aromatic rings. The summed E-state index contributed by atoms with van der Waals surface area (Å²) in [6, 6.07) is 7.26. The van der Waals surface area contributed by atoms with Gasteiger partial charge in [0.1, 0.15) is 6.34 Å². The quantitative estimate of drug-likeness (QED) is 0.745. The van der Waals surface area contributed by atoms with Gasteiger partial charge in [0.15, 0.2) is 12.5 Å². The number of carbonyl (C=O) groups is 1. The smallest absolute Gasteiger partial charge is 0.196 e. The molecule has 0 spiro atoms. The number of para-hydroxylation sites is 1. The number of aldehydes is 1. The summed E-state index contributed by atoms with van der Waals surface area (Å²) >= 11 is 5.97. The second-order valence-electron chi connectivity index (χ2n) is 2.78. The summed E-state index contributed by atoms with van der Waals surface area (Å²) < 4.78 is 0. The lowest BCUT2D eigenvalue weighted by Crippen LogP contribution is -2.39. The normalized spacial score (nSPS) is 19.5. The van der Waals surface area contributed by atoms with Crippen molar-refractivity contribution in [1.82, 2.24) is 5.43 Å². The van der Waals surface area contributed by atoms with Gasteiger partial charge in [-0.1, -0.05) is 23.7 Å². The lowest BCUT2D eigenvalue weighted by Gasteiger charge is -2.21. The van der Waals surface area contributed by atoms with E-state index in [1.807, 2.05) is 18.2 Å². The second-order valence-corrected chi connectivity index (χ2v) is 3.19. The number of hydrogen-bond acceptors (Lipinski definition) is 4. The van der Waals surface area contributed by atoms with Crippen molar-refractivity contribution in [2.45, 2.75) is 6.17 Å². The molecule has 4 nitrogen and oxygen atoms in total. The highest BCUT2D eigenvalue weighted by atomic mass is 35.5. The SMILES string of the molecule is O=CC1N=CNN1c1ccccc1Cl. The summed E-state index contributed by atoms with van der Waals surface area (Å²) in [7, 11) is 0. The van der Waals surface area contributed by atoms with E-state index in [1.54, 1.807) is 11.1 Å². The Bertz CT molecular complexity index is 380. The van der Waals surface area contributed by atoms with Gasteiger partial charge in [0.05, 0.1) is 10.7 Å². The average molecular weight is 210 g/mol. The Hall–Kier alpha value is -1.55. The highest BCUT2D eigenvalue weighted by molar-refractivity contribution is 6.33. The molecule has 1 unspecified atom stereocenters. The molecule has 5 heteroatoms. The molecule has 1 N–H and O–H groups in total. The predicted molar refractivity (Wildman–Crippen MR) is 55.4 cm³/mol. The molecule has 72 valence electrons. The van der Waals surface area contributed by atoms with Gasteiger partial charge in [-0.25, -0.2) is 4.99 Å². The molecule has 1 heterocycles. The van der Waals surface area contributed by atoms with Crippen molar-refractivity contribution < 1.29 is 4.79 Å². The van der Waals surface area contributed by atoms with Gasteiger partial charge < -0.3 is 0 Å². The molecule has 0 saturated heterocycles. The van der Waals surface area contributed by atoms with Crippen LogP contribution in [0.3, 0.4) is 0 Å². The van der Waals surface area contributed by atoms with E-state index in [2.05, 4.69) is 10.4 Å². The first kappa shape index (κ1) is 9.02. The molecule has 1 aromatic carbocycles. The van der Waals surface area contributed by atoms with Crippen molar-refractivity contribution in [3.8, 4) is 0 Å². The third-order valence-corrected chi connectivity index (χ3v) is 2.24. The second kappa shape index (κ2) is 3.67. The van der Waals surface area contributed by atoms with Crippen molar-refractivity contribution in [2.24, 2.45) is 4.99 Å². The largest absolute Gasteiger partial charge is 0.299 e. The number of benzene rings is 1. The summed E-state index contributed by atoms with van der Waals surface area (Å²) in [5.74, 6) is 0. The van der Waals surface area contributed by atoms with Crippen LogP contribution in [-0.4, -0.2) is 18.8 Å². The Morgan fingerprint density at radius 3 is 3.00 bits per heavy atom. The number of anilines is 1. The predicted octanol–water partition coefficient (Wildman–Crippen LogP) is 1.22. The van der Waals surface area contributed by atoms with Crippen LogP contribution >= 0.6 is 11.6 Å². The zero-order valence-corrected chi connectivity index (χ0v) is 7.98. The maximum Gasteiger partial charge on any atom is 0.196 e. The van der Waals surface area contributed by atoms with Crippen LogP contribution in [0.25, 0.3) is 0 Å². The van der Waals surface area contributed by atoms with Gasteiger partial charge in [-0.3, -0.25) is 15.2 Å². The number of hydrazine groups is 1. The lowest BCUT2D eigenvalue weighted by atomic mass is 10.3. The number of nitrogens with zero attached hydrogens (tertiary/aromatic N) is 2. The van der Waals surface area contributed by atoms with E-state index in [-0.39, 0.29) is 0 Å². The maximum absolute atomic E-state index is 10.7. The zero-order chi connectivity index (χ0) is 9.97. The molecular weight excluding hydrogens is 202 g/mol. The van der Waals surface area contributed by atoms with Crippen LogP contribution in [-0.2, 0) is 4.79 Å². The number of hydrogen-bond donors (Lipinski definition) is 1. The first-order valence-electron chi connectivity index (χ1n) is 4.10. The summed E-state index contributed by atoms with van der Waals surface area (Å²) in [6.45, 7) is 0. The highest BCUT2D eigenvalue weighted by Crippen LogP contribution is 2.26. The molecule has 0 radical (unpaired) electrons. The maximum atomic E-state index is 10.7. The number of halogens is 1. The van der Waals surface area contributed by atoms with Crippen LogP contribution in [0.2, 0.25) is 5.02 Å². The third-order valence-electron chi connectivity index (χ3n) is 1.92. The minimum atomic E-state index is -0.533. The molecule has 0 fully saturated rings. The average Bonchev–Trinajstić information content (AvgIpc) is 2.66. The molecule has 2 rings (SSSR count). The molecule has 0 bridgehead atoms. The van der Waals surface area contributed by atoms with Gasteiger partial charge in [-0.05, 0) is 12.1 Å². The summed E-state index contributed by atoms with van der Waals surface area (Å²) in [5, 5.41) is 2.19. The molecule has 0 saturated carbocycles. The number of nitrogens with one attached hydrogen (secondary N) is 1. The molecule has 1 atom stereocenters. The number of aliphatic imine (C=N–C) groups is 1. The van der Waals surface area contributed by atoms with Crippen LogP contribution in [0.4, 0.5) is 5.69 Å². The van der Waals surface area contributed by atoms with Crippen LogP contribution in [0.5, 0.6) is 0 Å². The van der Waals surface area contributed by atoms with Gasteiger partial charge in [0.2, 0.25) is 0 Å². The monoisotopic (exact) mass is 209 g/mol. The van der Waals surface area contributed by atoms with Crippen molar-refractivity contribution in [3.05, 3.63) is 29.3 Å². The lowest BCUT2D eigenvalue weighted by molar-refractivity contribution is -0.108. The Morgan fingerprint density at radius 2 is 2.29 bits per heavy atom. The summed E-state index contributed by atoms with van der Waals surface area (Å²) in [4.78, 5) is 14.6. The number of rotatable bonds is 2. The van der Waals surface area contributed by atoms with Crippen molar-refractivity contribution >= 4 is 29.9 Å². The van der Waals surface area contributed by atoms with E-state index in [1.165, 1.54) is 6.34 Å². The van der Waals surface area contributed by atoms with E-state index in [0.717, 1.165) is 12.0 Å². The Morgan fingerprint density at radius 1 is 1.50 bits per heavy atom. The summed E-state index contributed by atoms with van der Waals surface area (Å²) in [5.41, 5.74) is 3.58. The minimum Gasteiger partial charge on any atom is -0.299 e. The first-order chi connectivity index (χ1) is 6.83. The standard InChI is InChI=1S/C9H8ClN3O/c10-7-3-1-2-4-8(7)13-9(5-14)11-6-12-13/h1-6,9H,(H,11,12). The van der Waals surface area contributed by atoms with E-state index >= 15 is 0 Å². The molecule has 0 aromatic heterocycles. The van der Waals surface area contributed by atoms with Crippen molar-refractivity contribution in [3.63, 3.8) is 0 Å². The highest BCUT2D eigenvalue weighted by Gasteiger charge is 2.21. The molecule has 14 heavy (non-hydrogen) atoms. The van der Waals surface area contributed by atoms with Crippen LogP contribution in [0, 0.1) is 0 Å². The van der Waals surface area contributed by atoms with E-state index < -0.39 is 6.17 Å². The fourth-order valence-corrected chi connectivity index (χ4v) is 1.50. The van der Waals surface area contributed by atoms with Crippen LogP contribution in [0.1, 0.15) is 0 Å². The zero-order valence-electron chi connectivity index (χ0n) is 7.22. The molecule has 0 aliphatic carbocycles. The van der Waals surface area contributed by atoms with Gasteiger partial charge >= 0.3 is 0 Å². The van der Waals surface area contributed by atoms with Gasteiger partial charge in [0.25, 0.3) is 0 Å². The minimum absolute atomic E-state index is 0.533. The van der Waals surface area contributed by atoms with E-state index in [9.17, 15) is 4.79 Å². The number of carbonyl (C=O) groups excluding carboxylic acids is 1. The first-order valence-corrected chi connectivity index (χ1v) is 4.47. The van der Waals surface area contributed by atoms with Crippen molar-refractivity contribution in [2.75, 3.05) is 5.01 Å². The Labute approximate surface area is 86.2 Å². The Balaban J connectivity index is 2.32. The fourth-order valence-electron chi connectivity index (χ4n) is 1.27. The van der Waals surface area contributed by atoms with Crippen molar-refractivity contribution in [1.29, 1.82) is 0 Å². The van der Waals surface area contributed by atoms with Gasteiger partial charge in [0, 0.05) is 0 Å². The molecule has 1 aliphatic heterocycles. The van der Waals surface area contributed by atoms with Gasteiger partial charge in [-0.15, -0.1) is 0 Å². The fraction of sp³-hybridized carbons (Fsp3) is 0.111.